The van der Waals surface area contributed by atoms with Crippen LogP contribution in [0.4, 0.5) is 0 Å². The lowest BCUT2D eigenvalue weighted by Crippen LogP contribution is -2.34. The van der Waals surface area contributed by atoms with E-state index in [1.165, 1.54) is 0 Å². The molecule has 6 aromatic rings. The molecule has 0 atom stereocenters. The Morgan fingerprint density at radius 3 is 2.72 bits per heavy atom. The Balaban J connectivity index is 1.26. The predicted molar refractivity (Wildman–Crippen MR) is 142 cm³/mol. The van der Waals surface area contributed by atoms with Crippen molar-refractivity contribution >= 4 is 33.3 Å². The highest BCUT2D eigenvalue weighted by Crippen LogP contribution is 2.35. The number of fused-ring (bicyclic) bond motifs is 2. The van der Waals surface area contributed by atoms with Gasteiger partial charge in [0.1, 0.15) is 17.5 Å². The summed E-state index contributed by atoms with van der Waals surface area (Å²) in [5.41, 5.74) is 6.40. The molecule has 7 rings (SSSR count). The molecule has 0 bridgehead atoms. The lowest BCUT2D eigenvalue weighted by Gasteiger charge is -2.23. The molecule has 0 aliphatic carbocycles. The monoisotopic (exact) mass is 493 g/mol. The lowest BCUT2D eigenvalue weighted by molar-refractivity contribution is 0.162. The second-order valence-electron chi connectivity index (χ2n) is 8.95. The van der Waals surface area contributed by atoms with Gasteiger partial charge in [-0.2, -0.15) is 5.10 Å². The molecule has 0 unspecified atom stereocenters. The first-order chi connectivity index (χ1) is 17.8. The highest BCUT2D eigenvalue weighted by atomic mass is 32.1. The maximum absolute atomic E-state index is 6.21. The first-order valence-corrected chi connectivity index (χ1v) is 12.9. The molecule has 1 aliphatic rings. The second kappa shape index (κ2) is 8.85. The molecule has 9 heteroatoms. The van der Waals surface area contributed by atoms with Crippen LogP contribution in [-0.4, -0.2) is 49.3 Å². The number of nitrogens with one attached hydrogen (secondary N) is 3. The van der Waals surface area contributed by atoms with Crippen LogP contribution in [0, 0.1) is 0 Å². The Morgan fingerprint density at radius 2 is 1.83 bits per heavy atom. The van der Waals surface area contributed by atoms with Crippen molar-refractivity contribution < 1.29 is 4.74 Å². The summed E-state index contributed by atoms with van der Waals surface area (Å²) in [5.74, 6) is 0.788. The Hall–Kier alpha value is -4.08. The van der Waals surface area contributed by atoms with Gasteiger partial charge in [0, 0.05) is 46.0 Å². The zero-order chi connectivity index (χ0) is 23.9. The van der Waals surface area contributed by atoms with E-state index in [0.717, 1.165) is 86.7 Å². The number of aromatic nitrogens is 6. The zero-order valence-corrected chi connectivity index (χ0v) is 20.2. The van der Waals surface area contributed by atoms with Crippen LogP contribution >= 0.6 is 11.3 Å². The van der Waals surface area contributed by atoms with E-state index in [2.05, 4.69) is 59.0 Å². The minimum absolute atomic E-state index is 0.222. The van der Waals surface area contributed by atoms with Crippen molar-refractivity contribution in [3.8, 4) is 38.8 Å². The molecular formula is C27H23N7OS. The van der Waals surface area contributed by atoms with Crippen LogP contribution in [0.15, 0.2) is 66.6 Å². The highest BCUT2D eigenvalue weighted by molar-refractivity contribution is 7.13. The van der Waals surface area contributed by atoms with Gasteiger partial charge in [-0.25, -0.2) is 4.98 Å². The van der Waals surface area contributed by atoms with Crippen LogP contribution in [0.25, 0.3) is 55.0 Å². The van der Waals surface area contributed by atoms with Gasteiger partial charge in [0.2, 0.25) is 0 Å². The first kappa shape index (κ1) is 21.2. The molecule has 36 heavy (non-hydrogen) atoms. The number of thiophene rings is 1. The fourth-order valence-electron chi connectivity index (χ4n) is 4.80. The van der Waals surface area contributed by atoms with Crippen LogP contribution in [0.5, 0.6) is 5.75 Å². The summed E-state index contributed by atoms with van der Waals surface area (Å²) in [6.45, 7) is 1.97. The predicted octanol–water partition coefficient (Wildman–Crippen LogP) is 5.42. The number of hydrogen-bond donors (Lipinski definition) is 3. The van der Waals surface area contributed by atoms with Crippen LogP contribution in [0.3, 0.4) is 0 Å². The minimum Gasteiger partial charge on any atom is -0.489 e. The van der Waals surface area contributed by atoms with E-state index in [1.807, 2.05) is 36.8 Å². The summed E-state index contributed by atoms with van der Waals surface area (Å²) in [6.07, 6.45) is 9.55. The minimum atomic E-state index is 0.222. The van der Waals surface area contributed by atoms with E-state index in [1.54, 1.807) is 17.5 Å². The molecule has 3 N–H and O–H groups in total. The van der Waals surface area contributed by atoms with Gasteiger partial charge in [0.15, 0.2) is 5.65 Å². The number of hydrogen-bond acceptors (Lipinski definition) is 7. The van der Waals surface area contributed by atoms with Crippen LogP contribution in [-0.2, 0) is 0 Å². The fourth-order valence-corrected chi connectivity index (χ4v) is 5.54. The average Bonchev–Trinajstić information content (AvgIpc) is 3.68. The molecule has 0 radical (unpaired) electrons. The Bertz CT molecular complexity index is 1660. The fraction of sp³-hybridized carbons (Fsp3) is 0.185. The molecule has 178 valence electrons. The number of ether oxygens (including phenoxy) is 1. The molecule has 0 amide bonds. The Morgan fingerprint density at radius 1 is 0.917 bits per heavy atom. The highest BCUT2D eigenvalue weighted by Gasteiger charge is 2.17. The third-order valence-corrected chi connectivity index (χ3v) is 7.49. The van der Waals surface area contributed by atoms with Gasteiger partial charge < -0.3 is 15.0 Å². The standard InChI is InChI=1S/C27H23N7OS/c1-2-24(36-9-1)26-20-12-23(32-22(20)5-8-30-26)25-21-11-17(14-31-27(21)34-33-25)16-10-19(15-29-13-16)35-18-3-6-28-7-4-18/h1-2,5,8-15,18,28,32H,3-4,6-7H2,(H,31,33,34). The number of pyridine rings is 3. The van der Waals surface area contributed by atoms with E-state index < -0.39 is 0 Å². The quantitative estimate of drug-likeness (QED) is 0.296. The Kier molecular flexibility index (Phi) is 5.22. The van der Waals surface area contributed by atoms with E-state index in [9.17, 15) is 0 Å². The van der Waals surface area contributed by atoms with Crippen LogP contribution in [0.1, 0.15) is 12.8 Å². The molecule has 1 aliphatic heterocycles. The van der Waals surface area contributed by atoms with Crippen molar-refractivity contribution in [2.45, 2.75) is 18.9 Å². The van der Waals surface area contributed by atoms with Crippen molar-refractivity contribution in [2.75, 3.05) is 13.1 Å². The van der Waals surface area contributed by atoms with Gasteiger partial charge in [-0.1, -0.05) is 6.07 Å². The normalized spacial score (nSPS) is 14.6. The second-order valence-corrected chi connectivity index (χ2v) is 9.90. The number of rotatable bonds is 5. The van der Waals surface area contributed by atoms with Crippen LogP contribution in [0.2, 0.25) is 0 Å². The van der Waals surface area contributed by atoms with E-state index in [4.69, 9.17) is 4.74 Å². The molecule has 7 heterocycles. The Labute approximate surface area is 210 Å². The summed E-state index contributed by atoms with van der Waals surface area (Å²) >= 11 is 1.68. The summed E-state index contributed by atoms with van der Waals surface area (Å²) in [4.78, 5) is 18.4. The SMILES string of the molecule is c1csc(-c2nccc3[nH]c(-c4n[nH]c5ncc(-c6cncc(OC7CCNCC7)c6)cc45)cc23)c1. The number of nitrogens with zero attached hydrogens (tertiary/aromatic N) is 4. The van der Waals surface area contributed by atoms with Gasteiger partial charge >= 0.3 is 0 Å². The average molecular weight is 494 g/mol. The van der Waals surface area contributed by atoms with Gasteiger partial charge in [0.05, 0.1) is 22.5 Å². The molecule has 0 saturated carbocycles. The molecule has 0 aromatic carbocycles. The smallest absolute Gasteiger partial charge is 0.155 e. The van der Waals surface area contributed by atoms with Gasteiger partial charge in [-0.15, -0.1) is 11.3 Å². The van der Waals surface area contributed by atoms with E-state index in [0.29, 0.717) is 0 Å². The molecule has 1 fully saturated rings. The van der Waals surface area contributed by atoms with E-state index >= 15 is 0 Å². The van der Waals surface area contributed by atoms with Gasteiger partial charge in [0.25, 0.3) is 0 Å². The van der Waals surface area contributed by atoms with E-state index in [-0.39, 0.29) is 6.10 Å². The van der Waals surface area contributed by atoms with Crippen molar-refractivity contribution in [2.24, 2.45) is 0 Å². The molecule has 8 nitrogen and oxygen atoms in total. The van der Waals surface area contributed by atoms with Gasteiger partial charge in [-0.3, -0.25) is 15.1 Å². The molecule has 1 saturated heterocycles. The first-order valence-electron chi connectivity index (χ1n) is 12.0. The third-order valence-electron chi connectivity index (χ3n) is 6.61. The van der Waals surface area contributed by atoms with Crippen molar-refractivity contribution in [1.82, 2.24) is 35.5 Å². The van der Waals surface area contributed by atoms with Crippen molar-refractivity contribution in [3.05, 3.63) is 66.6 Å². The largest absolute Gasteiger partial charge is 0.489 e. The third kappa shape index (κ3) is 3.82. The zero-order valence-electron chi connectivity index (χ0n) is 19.4. The number of aromatic amines is 2. The number of piperidine rings is 1. The summed E-state index contributed by atoms with van der Waals surface area (Å²) < 4.78 is 6.21. The molecule has 6 aromatic heterocycles. The summed E-state index contributed by atoms with van der Waals surface area (Å²) in [5, 5.41) is 15.1. The maximum atomic E-state index is 6.21. The van der Waals surface area contributed by atoms with Crippen molar-refractivity contribution in [3.63, 3.8) is 0 Å². The topological polar surface area (TPSA) is 104 Å². The number of H-pyrrole nitrogens is 2. The maximum Gasteiger partial charge on any atom is 0.155 e. The summed E-state index contributed by atoms with van der Waals surface area (Å²) in [6, 6.07) is 12.4. The molecular weight excluding hydrogens is 470 g/mol. The lowest BCUT2D eigenvalue weighted by atomic mass is 10.1. The molecule has 0 spiro atoms. The van der Waals surface area contributed by atoms with Crippen molar-refractivity contribution in [1.29, 1.82) is 0 Å². The van der Waals surface area contributed by atoms with Crippen LogP contribution < -0.4 is 10.1 Å². The summed E-state index contributed by atoms with van der Waals surface area (Å²) in [7, 11) is 0. The van der Waals surface area contributed by atoms with Gasteiger partial charge in [-0.05, 0) is 61.6 Å².